The number of anilines is 1. The molecule has 0 radical (unpaired) electrons. The Balaban J connectivity index is 0.000000217. The summed E-state index contributed by atoms with van der Waals surface area (Å²) in [7, 11) is 0. The van der Waals surface area contributed by atoms with E-state index in [4.69, 9.17) is 10.8 Å². The van der Waals surface area contributed by atoms with Crippen molar-refractivity contribution < 1.29 is 22.7 Å². The van der Waals surface area contributed by atoms with E-state index in [0.717, 1.165) is 24.8 Å². The van der Waals surface area contributed by atoms with E-state index in [0.29, 0.717) is 12.1 Å². The molecule has 2 atom stereocenters. The van der Waals surface area contributed by atoms with Crippen LogP contribution in [0.25, 0.3) is 0 Å². The lowest BCUT2D eigenvalue weighted by molar-refractivity contribution is -0.139. The van der Waals surface area contributed by atoms with E-state index < -0.39 is 17.6 Å². The van der Waals surface area contributed by atoms with Crippen LogP contribution in [0.3, 0.4) is 0 Å². The molecular weight excluding hydrogens is 274 g/mol. The topological polar surface area (TPSA) is 46.2 Å². The number of hydrogen-bond donors (Lipinski definition) is 2. The molecule has 2 unspecified atom stereocenters. The van der Waals surface area contributed by atoms with Gasteiger partial charge in [-0.25, -0.2) is 4.39 Å². The molecule has 6 heteroatoms. The van der Waals surface area contributed by atoms with Crippen LogP contribution in [-0.2, 0) is 6.18 Å². The summed E-state index contributed by atoms with van der Waals surface area (Å²) in [5.41, 5.74) is 3.74. The van der Waals surface area contributed by atoms with E-state index in [1.165, 1.54) is 12.8 Å². The van der Waals surface area contributed by atoms with Crippen LogP contribution in [0, 0.1) is 11.7 Å². The Hall–Kier alpha value is -1.30. The fourth-order valence-corrected chi connectivity index (χ4v) is 2.16. The number of nitrogens with two attached hydrogens (primary N) is 1. The van der Waals surface area contributed by atoms with Crippen LogP contribution in [0.15, 0.2) is 18.2 Å². The van der Waals surface area contributed by atoms with Crippen LogP contribution < -0.4 is 5.73 Å². The predicted octanol–water partition coefficient (Wildman–Crippen LogP) is 3.98. The van der Waals surface area contributed by atoms with Crippen molar-refractivity contribution >= 4 is 5.69 Å². The fourth-order valence-electron chi connectivity index (χ4n) is 2.16. The summed E-state index contributed by atoms with van der Waals surface area (Å²) in [5.74, 6) is -0.582. The maximum absolute atomic E-state index is 12.5. The van der Waals surface area contributed by atoms with Crippen LogP contribution in [-0.4, -0.2) is 11.2 Å². The zero-order valence-electron chi connectivity index (χ0n) is 11.3. The van der Waals surface area contributed by atoms with Gasteiger partial charge in [-0.1, -0.05) is 19.8 Å². The number of halogens is 4. The lowest BCUT2D eigenvalue weighted by Crippen LogP contribution is -2.16. The lowest BCUT2D eigenvalue weighted by Gasteiger charge is -2.21. The third-order valence-electron chi connectivity index (χ3n) is 3.21. The van der Waals surface area contributed by atoms with Crippen molar-refractivity contribution in [2.45, 2.75) is 44.9 Å². The zero-order chi connectivity index (χ0) is 15.3. The van der Waals surface area contributed by atoms with E-state index in [1.54, 1.807) is 0 Å². The van der Waals surface area contributed by atoms with Gasteiger partial charge < -0.3 is 10.8 Å². The molecule has 0 amide bonds. The second kappa shape index (κ2) is 6.92. The molecule has 1 fully saturated rings. The van der Waals surface area contributed by atoms with Gasteiger partial charge in [0.25, 0.3) is 0 Å². The summed E-state index contributed by atoms with van der Waals surface area (Å²) < 4.78 is 48.2. The second-order valence-electron chi connectivity index (χ2n) is 5.16. The SMILES string of the molecule is CC1CCCC(O)C1.Nc1ccc(C(F)(F)F)c(F)c1. The molecule has 1 aromatic rings. The standard InChI is InChI=1S/C7H5F4N.C7H14O/c8-6-3-4(12)1-2-5(6)7(9,10)11;1-6-3-2-4-7(8)5-6/h1-3H,12H2;6-8H,2-5H2,1H3. The first-order valence-corrected chi connectivity index (χ1v) is 6.50. The third kappa shape index (κ3) is 5.36. The molecule has 20 heavy (non-hydrogen) atoms. The maximum Gasteiger partial charge on any atom is 0.419 e. The van der Waals surface area contributed by atoms with Crippen LogP contribution >= 0.6 is 0 Å². The van der Waals surface area contributed by atoms with E-state index in [9.17, 15) is 17.6 Å². The highest BCUT2D eigenvalue weighted by atomic mass is 19.4. The van der Waals surface area contributed by atoms with Crippen LogP contribution in [0.4, 0.5) is 23.2 Å². The first kappa shape index (κ1) is 16.8. The predicted molar refractivity (Wildman–Crippen MR) is 69.5 cm³/mol. The molecule has 1 aliphatic carbocycles. The van der Waals surface area contributed by atoms with E-state index >= 15 is 0 Å². The number of rotatable bonds is 0. The van der Waals surface area contributed by atoms with Gasteiger partial charge in [0.15, 0.2) is 0 Å². The molecule has 0 aromatic heterocycles. The summed E-state index contributed by atoms with van der Waals surface area (Å²) in [5, 5.41) is 9.08. The molecule has 0 aliphatic heterocycles. The van der Waals surface area contributed by atoms with Gasteiger partial charge >= 0.3 is 6.18 Å². The zero-order valence-corrected chi connectivity index (χ0v) is 11.3. The highest BCUT2D eigenvalue weighted by Gasteiger charge is 2.33. The van der Waals surface area contributed by atoms with Crippen LogP contribution in [0.5, 0.6) is 0 Å². The molecular formula is C14H19F4NO. The molecule has 0 spiro atoms. The van der Waals surface area contributed by atoms with Crippen LogP contribution in [0.1, 0.15) is 38.2 Å². The molecule has 2 nitrogen and oxygen atoms in total. The first-order valence-electron chi connectivity index (χ1n) is 6.50. The molecule has 2 rings (SSSR count). The Labute approximate surface area is 115 Å². The molecule has 0 saturated heterocycles. The van der Waals surface area contributed by atoms with E-state index in [2.05, 4.69) is 6.92 Å². The molecule has 1 aromatic carbocycles. The highest BCUT2D eigenvalue weighted by molar-refractivity contribution is 5.41. The van der Waals surface area contributed by atoms with Crippen molar-refractivity contribution in [1.82, 2.24) is 0 Å². The monoisotopic (exact) mass is 293 g/mol. The minimum absolute atomic E-state index is 0.0127. The average Bonchev–Trinajstić information content (AvgIpc) is 2.27. The first-order chi connectivity index (χ1) is 9.20. The number of aliphatic hydroxyl groups excluding tert-OH is 1. The van der Waals surface area contributed by atoms with Crippen molar-refractivity contribution in [3.8, 4) is 0 Å². The van der Waals surface area contributed by atoms with Gasteiger partial charge in [-0.15, -0.1) is 0 Å². The van der Waals surface area contributed by atoms with Gasteiger partial charge in [0.05, 0.1) is 11.7 Å². The smallest absolute Gasteiger partial charge is 0.399 e. The summed E-state index contributed by atoms with van der Waals surface area (Å²) in [4.78, 5) is 0. The number of alkyl halides is 3. The summed E-state index contributed by atoms with van der Waals surface area (Å²) in [6.45, 7) is 2.21. The fraction of sp³-hybridized carbons (Fsp3) is 0.571. The molecule has 0 bridgehead atoms. The average molecular weight is 293 g/mol. The van der Waals surface area contributed by atoms with E-state index in [1.807, 2.05) is 0 Å². The summed E-state index contributed by atoms with van der Waals surface area (Å²) in [6.07, 6.45) is -0.0413. The Bertz CT molecular complexity index is 426. The molecule has 3 N–H and O–H groups in total. The largest absolute Gasteiger partial charge is 0.419 e. The Morgan fingerprint density at radius 3 is 2.30 bits per heavy atom. The quantitative estimate of drug-likeness (QED) is 0.561. The Morgan fingerprint density at radius 2 is 1.90 bits per heavy atom. The van der Waals surface area contributed by atoms with Gasteiger partial charge in [0.1, 0.15) is 5.82 Å². The normalized spacial score (nSPS) is 22.9. The Morgan fingerprint density at radius 1 is 1.25 bits per heavy atom. The Kier molecular flexibility index (Phi) is 5.80. The van der Waals surface area contributed by atoms with Crippen molar-refractivity contribution in [1.29, 1.82) is 0 Å². The van der Waals surface area contributed by atoms with Crippen molar-refractivity contribution in [2.75, 3.05) is 5.73 Å². The molecule has 1 saturated carbocycles. The van der Waals surface area contributed by atoms with Gasteiger partial charge in [-0.3, -0.25) is 0 Å². The maximum atomic E-state index is 12.5. The van der Waals surface area contributed by atoms with Crippen molar-refractivity contribution in [3.05, 3.63) is 29.6 Å². The molecule has 114 valence electrons. The highest BCUT2D eigenvalue weighted by Crippen LogP contribution is 2.31. The lowest BCUT2D eigenvalue weighted by atomic mass is 9.89. The van der Waals surface area contributed by atoms with Gasteiger partial charge in [-0.05, 0) is 37.0 Å². The number of nitrogen functional groups attached to an aromatic ring is 1. The number of hydrogen-bond acceptors (Lipinski definition) is 2. The molecule has 0 heterocycles. The molecule has 1 aliphatic rings. The van der Waals surface area contributed by atoms with Gasteiger partial charge in [0.2, 0.25) is 0 Å². The van der Waals surface area contributed by atoms with Gasteiger partial charge in [0, 0.05) is 5.69 Å². The van der Waals surface area contributed by atoms with E-state index in [-0.39, 0.29) is 11.8 Å². The minimum Gasteiger partial charge on any atom is -0.399 e. The van der Waals surface area contributed by atoms with Gasteiger partial charge in [-0.2, -0.15) is 13.2 Å². The van der Waals surface area contributed by atoms with Crippen molar-refractivity contribution in [3.63, 3.8) is 0 Å². The number of benzene rings is 1. The number of aliphatic hydroxyl groups is 1. The van der Waals surface area contributed by atoms with Crippen LogP contribution in [0.2, 0.25) is 0 Å². The summed E-state index contributed by atoms with van der Waals surface area (Å²) in [6, 6.07) is 2.26. The summed E-state index contributed by atoms with van der Waals surface area (Å²) >= 11 is 0. The minimum atomic E-state index is -4.65. The van der Waals surface area contributed by atoms with Crippen molar-refractivity contribution in [2.24, 2.45) is 5.92 Å². The third-order valence-corrected chi connectivity index (χ3v) is 3.21. The second-order valence-corrected chi connectivity index (χ2v) is 5.16.